The van der Waals surface area contributed by atoms with Crippen molar-refractivity contribution in [3.8, 4) is 0 Å². The van der Waals surface area contributed by atoms with Gasteiger partial charge in [-0.1, -0.05) is 0 Å². The van der Waals surface area contributed by atoms with Gasteiger partial charge < -0.3 is 14.6 Å². The minimum absolute atomic E-state index is 0.111. The molecule has 20 heavy (non-hydrogen) atoms. The smallest absolute Gasteiger partial charge is 0.282 e. The van der Waals surface area contributed by atoms with Crippen LogP contribution in [0, 0.1) is 0 Å². The lowest BCUT2D eigenvalue weighted by molar-refractivity contribution is -0.0791. The van der Waals surface area contributed by atoms with E-state index in [2.05, 4.69) is 0 Å². The van der Waals surface area contributed by atoms with E-state index in [1.54, 1.807) is 0 Å². The van der Waals surface area contributed by atoms with Crippen LogP contribution in [0.4, 0.5) is 0 Å². The first-order valence-corrected chi connectivity index (χ1v) is 8.39. The maximum Gasteiger partial charge on any atom is 0.282 e. The summed E-state index contributed by atoms with van der Waals surface area (Å²) in [5, 5.41) is 9.21. The molecule has 2 aliphatic rings. The summed E-state index contributed by atoms with van der Waals surface area (Å²) in [4.78, 5) is 0. The molecule has 1 N–H and O–H groups in total. The number of nitrogens with zero attached hydrogens (tertiary/aromatic N) is 2. The number of ether oxygens (including phenoxy) is 2. The maximum absolute atomic E-state index is 12.7. The molecule has 4 unspecified atom stereocenters. The van der Waals surface area contributed by atoms with Crippen LogP contribution in [-0.2, 0) is 19.7 Å². The third-order valence-electron chi connectivity index (χ3n) is 3.54. The van der Waals surface area contributed by atoms with Gasteiger partial charge in [0.1, 0.15) is 0 Å². The van der Waals surface area contributed by atoms with Crippen molar-refractivity contribution in [1.82, 2.24) is 8.61 Å². The molecule has 0 saturated carbocycles. The van der Waals surface area contributed by atoms with Gasteiger partial charge in [0.25, 0.3) is 10.2 Å². The second-order valence-electron chi connectivity index (χ2n) is 5.65. The van der Waals surface area contributed by atoms with E-state index < -0.39 is 16.3 Å². The van der Waals surface area contributed by atoms with E-state index in [0.717, 1.165) is 0 Å². The van der Waals surface area contributed by atoms with E-state index in [-0.39, 0.29) is 31.5 Å². The molecule has 7 nitrogen and oxygen atoms in total. The second kappa shape index (κ2) is 6.25. The van der Waals surface area contributed by atoms with Gasteiger partial charge in [0, 0.05) is 26.2 Å². The molecule has 0 bridgehead atoms. The molecule has 0 amide bonds. The highest BCUT2D eigenvalue weighted by Crippen LogP contribution is 2.21. The Kier molecular flexibility index (Phi) is 5.04. The molecule has 118 valence electrons. The summed E-state index contributed by atoms with van der Waals surface area (Å²) in [7, 11) is -3.53. The van der Waals surface area contributed by atoms with Gasteiger partial charge in [-0.25, -0.2) is 0 Å². The normalized spacial score (nSPS) is 38.0. The maximum atomic E-state index is 12.7. The van der Waals surface area contributed by atoms with Crippen LogP contribution in [0.2, 0.25) is 0 Å². The Morgan fingerprint density at radius 1 is 0.950 bits per heavy atom. The van der Waals surface area contributed by atoms with Gasteiger partial charge in [-0.05, 0) is 20.8 Å². The van der Waals surface area contributed by atoms with E-state index in [9.17, 15) is 13.5 Å². The van der Waals surface area contributed by atoms with Gasteiger partial charge >= 0.3 is 0 Å². The van der Waals surface area contributed by atoms with Crippen molar-refractivity contribution in [2.45, 2.75) is 45.2 Å². The van der Waals surface area contributed by atoms with E-state index in [4.69, 9.17) is 9.47 Å². The number of aliphatic hydroxyl groups is 1. The monoisotopic (exact) mass is 308 g/mol. The zero-order valence-electron chi connectivity index (χ0n) is 12.2. The van der Waals surface area contributed by atoms with Crippen molar-refractivity contribution >= 4 is 10.2 Å². The Hall–Kier alpha value is -0.250. The first-order chi connectivity index (χ1) is 9.32. The highest BCUT2D eigenvalue weighted by atomic mass is 32.2. The fourth-order valence-electron chi connectivity index (χ4n) is 2.77. The van der Waals surface area contributed by atoms with Crippen LogP contribution in [0.1, 0.15) is 20.8 Å². The molecule has 2 heterocycles. The van der Waals surface area contributed by atoms with E-state index in [1.807, 2.05) is 20.8 Å². The predicted molar refractivity (Wildman–Crippen MR) is 73.5 cm³/mol. The van der Waals surface area contributed by atoms with Gasteiger partial charge in [0.05, 0.1) is 31.0 Å². The van der Waals surface area contributed by atoms with Crippen LogP contribution >= 0.6 is 0 Å². The minimum Gasteiger partial charge on any atom is -0.394 e. The van der Waals surface area contributed by atoms with Crippen LogP contribution < -0.4 is 0 Å². The summed E-state index contributed by atoms with van der Waals surface area (Å²) in [5.74, 6) is 0. The summed E-state index contributed by atoms with van der Waals surface area (Å²) in [6.07, 6.45) is -0.891. The summed E-state index contributed by atoms with van der Waals surface area (Å²) in [6, 6.07) is 0. The fraction of sp³-hybridized carbons (Fsp3) is 1.00. The summed E-state index contributed by atoms with van der Waals surface area (Å²) < 4.78 is 39.3. The Labute approximate surface area is 120 Å². The Morgan fingerprint density at radius 2 is 1.40 bits per heavy atom. The molecule has 8 heteroatoms. The topological polar surface area (TPSA) is 79.3 Å². The molecule has 0 spiro atoms. The van der Waals surface area contributed by atoms with E-state index >= 15 is 0 Å². The highest BCUT2D eigenvalue weighted by molar-refractivity contribution is 7.86. The van der Waals surface area contributed by atoms with Crippen molar-refractivity contribution in [2.75, 3.05) is 32.8 Å². The van der Waals surface area contributed by atoms with Crippen LogP contribution in [-0.4, -0.2) is 79.3 Å². The Balaban J connectivity index is 2.12. The van der Waals surface area contributed by atoms with E-state index in [0.29, 0.717) is 19.6 Å². The third kappa shape index (κ3) is 3.49. The van der Waals surface area contributed by atoms with Crippen LogP contribution in [0.5, 0.6) is 0 Å². The quantitative estimate of drug-likeness (QED) is 0.755. The second-order valence-corrected chi connectivity index (χ2v) is 7.58. The Morgan fingerprint density at radius 3 is 1.90 bits per heavy atom. The lowest BCUT2D eigenvalue weighted by atomic mass is 10.2. The van der Waals surface area contributed by atoms with Gasteiger partial charge in [-0.15, -0.1) is 0 Å². The third-order valence-corrected chi connectivity index (χ3v) is 5.44. The van der Waals surface area contributed by atoms with Crippen molar-refractivity contribution in [2.24, 2.45) is 0 Å². The molecule has 4 atom stereocenters. The van der Waals surface area contributed by atoms with Gasteiger partial charge in [0.2, 0.25) is 0 Å². The number of rotatable bonds is 3. The lowest BCUT2D eigenvalue weighted by Gasteiger charge is -2.41. The average molecular weight is 308 g/mol. The number of hydrogen-bond donors (Lipinski definition) is 1. The Bertz CT molecular complexity index is 420. The first-order valence-electron chi connectivity index (χ1n) is 7.00. The zero-order valence-corrected chi connectivity index (χ0v) is 13.0. The molecule has 2 saturated heterocycles. The molecular weight excluding hydrogens is 284 g/mol. The van der Waals surface area contributed by atoms with E-state index in [1.165, 1.54) is 8.61 Å². The number of hydrogen-bond acceptors (Lipinski definition) is 5. The molecule has 2 rings (SSSR count). The van der Waals surface area contributed by atoms with Crippen LogP contribution in [0.3, 0.4) is 0 Å². The predicted octanol–water partition coefficient (Wildman–Crippen LogP) is -0.578. The number of morpholine rings is 2. The van der Waals surface area contributed by atoms with Gasteiger partial charge in [-0.2, -0.15) is 17.0 Å². The van der Waals surface area contributed by atoms with Crippen molar-refractivity contribution in [3.05, 3.63) is 0 Å². The highest BCUT2D eigenvalue weighted by Gasteiger charge is 2.39. The molecule has 0 radical (unpaired) electrons. The minimum atomic E-state index is -3.53. The van der Waals surface area contributed by atoms with Crippen molar-refractivity contribution < 1.29 is 23.0 Å². The fourth-order valence-corrected chi connectivity index (χ4v) is 4.65. The molecule has 0 aromatic heterocycles. The molecule has 2 fully saturated rings. The summed E-state index contributed by atoms with van der Waals surface area (Å²) in [5.41, 5.74) is 0. The molecular formula is C12H24N2O5S. The molecule has 0 aromatic carbocycles. The van der Waals surface area contributed by atoms with Gasteiger partial charge in [0.15, 0.2) is 0 Å². The summed E-state index contributed by atoms with van der Waals surface area (Å²) >= 11 is 0. The average Bonchev–Trinajstić information content (AvgIpc) is 2.36. The van der Waals surface area contributed by atoms with Crippen molar-refractivity contribution in [1.29, 1.82) is 0 Å². The first kappa shape index (κ1) is 16.1. The zero-order chi connectivity index (χ0) is 14.9. The van der Waals surface area contributed by atoms with Crippen LogP contribution in [0.25, 0.3) is 0 Å². The van der Waals surface area contributed by atoms with Crippen molar-refractivity contribution in [3.63, 3.8) is 0 Å². The van der Waals surface area contributed by atoms with Gasteiger partial charge in [-0.3, -0.25) is 0 Å². The number of aliphatic hydroxyl groups excluding tert-OH is 1. The molecule has 0 aromatic rings. The van der Waals surface area contributed by atoms with Crippen LogP contribution in [0.15, 0.2) is 0 Å². The SMILES string of the molecule is CC1CN(S(=O)(=O)N2CC(C)OC(CO)C2)CC(C)O1. The standard InChI is InChI=1S/C12H24N2O5S/c1-9-4-13(5-10(2)18-9)20(16,17)14-6-11(3)19-12(7-14)8-15/h9-12,15H,4-8H2,1-3H3. The molecule has 0 aliphatic carbocycles. The molecule has 2 aliphatic heterocycles. The largest absolute Gasteiger partial charge is 0.394 e. The summed E-state index contributed by atoms with van der Waals surface area (Å²) in [6.45, 7) is 6.63. The lowest BCUT2D eigenvalue weighted by Crippen LogP contribution is -2.58.